The summed E-state index contributed by atoms with van der Waals surface area (Å²) < 4.78 is 12.9. The Hall–Kier alpha value is -3.63. The zero-order valence-electron chi connectivity index (χ0n) is 18.5. The Bertz CT molecular complexity index is 1240. The van der Waals surface area contributed by atoms with Crippen molar-refractivity contribution in [2.24, 2.45) is 0 Å². The fourth-order valence-corrected chi connectivity index (χ4v) is 4.53. The SMILES string of the molecule is C=CCn1c(COc2ccc(OC)cc2)nnc1SCC(=O)Nc1nc(-c2ccccc2)cs1. The van der Waals surface area contributed by atoms with Crippen molar-refractivity contribution in [1.29, 1.82) is 0 Å². The van der Waals surface area contributed by atoms with Crippen molar-refractivity contribution in [3.63, 3.8) is 0 Å². The first kappa shape index (κ1) is 23.5. The van der Waals surface area contributed by atoms with E-state index < -0.39 is 0 Å². The van der Waals surface area contributed by atoms with Crippen LogP contribution in [0.2, 0.25) is 0 Å². The predicted octanol–water partition coefficient (Wildman–Crippen LogP) is 4.91. The van der Waals surface area contributed by atoms with Crippen molar-refractivity contribution >= 4 is 34.1 Å². The van der Waals surface area contributed by atoms with E-state index in [-0.39, 0.29) is 18.3 Å². The minimum Gasteiger partial charge on any atom is -0.497 e. The Kier molecular flexibility index (Phi) is 7.95. The second-order valence-corrected chi connectivity index (χ2v) is 8.80. The number of hydrogen-bond donors (Lipinski definition) is 1. The summed E-state index contributed by atoms with van der Waals surface area (Å²) in [4.78, 5) is 17.0. The highest BCUT2D eigenvalue weighted by Crippen LogP contribution is 2.25. The summed E-state index contributed by atoms with van der Waals surface area (Å²) in [5.41, 5.74) is 1.84. The van der Waals surface area contributed by atoms with E-state index >= 15 is 0 Å². The molecule has 0 saturated carbocycles. The van der Waals surface area contributed by atoms with Gasteiger partial charge in [-0.1, -0.05) is 48.2 Å². The van der Waals surface area contributed by atoms with Crippen LogP contribution in [0.5, 0.6) is 11.5 Å². The number of thioether (sulfide) groups is 1. The molecule has 8 nitrogen and oxygen atoms in total. The smallest absolute Gasteiger partial charge is 0.236 e. The number of rotatable bonds is 11. The third-order valence-corrected chi connectivity index (χ3v) is 6.41. The molecule has 34 heavy (non-hydrogen) atoms. The van der Waals surface area contributed by atoms with E-state index in [9.17, 15) is 4.79 Å². The molecule has 0 saturated heterocycles. The van der Waals surface area contributed by atoms with Crippen LogP contribution in [0.4, 0.5) is 5.13 Å². The van der Waals surface area contributed by atoms with Gasteiger partial charge in [0.15, 0.2) is 16.1 Å². The molecule has 1 amide bonds. The van der Waals surface area contributed by atoms with Crippen LogP contribution in [0.3, 0.4) is 0 Å². The molecule has 0 aliphatic rings. The molecular formula is C24H23N5O3S2. The topological polar surface area (TPSA) is 91.2 Å². The number of nitrogens with one attached hydrogen (secondary N) is 1. The lowest BCUT2D eigenvalue weighted by atomic mass is 10.2. The third-order valence-electron chi connectivity index (χ3n) is 4.68. The zero-order valence-corrected chi connectivity index (χ0v) is 20.1. The molecular weight excluding hydrogens is 470 g/mol. The van der Waals surface area contributed by atoms with Gasteiger partial charge in [0, 0.05) is 17.5 Å². The summed E-state index contributed by atoms with van der Waals surface area (Å²) in [6.45, 7) is 4.55. The standard InChI is InChI=1S/C24H23N5O3S2/c1-3-13-29-21(14-32-19-11-9-18(31-2)10-12-19)27-28-24(29)34-16-22(30)26-23-25-20(15-33-23)17-7-5-4-6-8-17/h3-12,15H,1,13-14,16H2,2H3,(H,25,26,30). The number of benzene rings is 2. The van der Waals surface area contributed by atoms with E-state index in [0.717, 1.165) is 17.0 Å². The number of thiazole rings is 1. The zero-order chi connectivity index (χ0) is 23.8. The normalized spacial score (nSPS) is 10.6. The van der Waals surface area contributed by atoms with Gasteiger partial charge < -0.3 is 14.8 Å². The van der Waals surface area contributed by atoms with Crippen LogP contribution in [0.1, 0.15) is 5.82 Å². The predicted molar refractivity (Wildman–Crippen MR) is 134 cm³/mol. The Balaban J connectivity index is 1.34. The Morgan fingerprint density at radius 1 is 1.15 bits per heavy atom. The molecule has 0 unspecified atom stereocenters. The number of allylic oxidation sites excluding steroid dienone is 1. The molecule has 0 atom stereocenters. The van der Waals surface area contributed by atoms with E-state index in [0.29, 0.717) is 28.4 Å². The third kappa shape index (κ3) is 6.03. The van der Waals surface area contributed by atoms with E-state index in [4.69, 9.17) is 9.47 Å². The summed E-state index contributed by atoms with van der Waals surface area (Å²) in [6.07, 6.45) is 1.76. The molecule has 4 aromatic rings. The largest absolute Gasteiger partial charge is 0.497 e. The fourth-order valence-electron chi connectivity index (χ4n) is 3.02. The number of carbonyl (C=O) groups is 1. The number of aromatic nitrogens is 4. The first-order valence-electron chi connectivity index (χ1n) is 10.4. The summed E-state index contributed by atoms with van der Waals surface area (Å²) in [5, 5.41) is 14.4. The van der Waals surface area contributed by atoms with Gasteiger partial charge in [-0.25, -0.2) is 4.98 Å². The van der Waals surface area contributed by atoms with E-state index in [1.165, 1.54) is 23.1 Å². The Labute approximate surface area is 205 Å². The molecule has 2 heterocycles. The van der Waals surface area contributed by atoms with Crippen LogP contribution >= 0.6 is 23.1 Å². The number of anilines is 1. The van der Waals surface area contributed by atoms with Gasteiger partial charge in [-0.3, -0.25) is 9.36 Å². The number of nitrogens with zero attached hydrogens (tertiary/aromatic N) is 4. The lowest BCUT2D eigenvalue weighted by molar-refractivity contribution is -0.113. The second-order valence-electron chi connectivity index (χ2n) is 7.00. The highest BCUT2D eigenvalue weighted by molar-refractivity contribution is 7.99. The van der Waals surface area contributed by atoms with E-state index in [1.54, 1.807) is 13.2 Å². The monoisotopic (exact) mass is 493 g/mol. The molecule has 0 aliphatic carbocycles. The fraction of sp³-hybridized carbons (Fsp3) is 0.167. The lowest BCUT2D eigenvalue weighted by Crippen LogP contribution is -2.15. The van der Waals surface area contributed by atoms with Crippen LogP contribution in [0, 0.1) is 0 Å². The Morgan fingerprint density at radius 3 is 2.65 bits per heavy atom. The maximum atomic E-state index is 12.5. The number of carbonyl (C=O) groups excluding carboxylic acids is 1. The van der Waals surface area contributed by atoms with Crippen LogP contribution in [0.25, 0.3) is 11.3 Å². The minimum absolute atomic E-state index is 0.164. The highest BCUT2D eigenvalue weighted by atomic mass is 32.2. The van der Waals surface area contributed by atoms with Gasteiger partial charge in [0.2, 0.25) is 5.91 Å². The average Bonchev–Trinajstić information content (AvgIpc) is 3.49. The molecule has 2 aromatic heterocycles. The highest BCUT2D eigenvalue weighted by Gasteiger charge is 2.15. The van der Waals surface area contributed by atoms with Crippen molar-refractivity contribution < 1.29 is 14.3 Å². The molecule has 0 fully saturated rings. The van der Waals surface area contributed by atoms with Crippen LogP contribution in [-0.4, -0.2) is 38.5 Å². The summed E-state index contributed by atoms with van der Waals surface area (Å²) in [5.74, 6) is 2.11. The lowest BCUT2D eigenvalue weighted by Gasteiger charge is -2.09. The van der Waals surface area contributed by atoms with Crippen molar-refractivity contribution in [2.75, 3.05) is 18.2 Å². The summed E-state index contributed by atoms with van der Waals surface area (Å²) in [7, 11) is 1.62. The first-order valence-corrected chi connectivity index (χ1v) is 12.3. The van der Waals surface area contributed by atoms with E-state index in [1.807, 2.05) is 64.5 Å². The molecule has 0 aliphatic heterocycles. The molecule has 1 N–H and O–H groups in total. The molecule has 174 valence electrons. The van der Waals surface area contributed by atoms with Gasteiger partial charge in [-0.05, 0) is 24.3 Å². The molecule has 2 aromatic carbocycles. The van der Waals surface area contributed by atoms with Crippen molar-refractivity contribution in [3.05, 3.63) is 78.5 Å². The quantitative estimate of drug-likeness (QED) is 0.235. The maximum absolute atomic E-state index is 12.5. The van der Waals surface area contributed by atoms with Crippen molar-refractivity contribution in [2.45, 2.75) is 18.3 Å². The molecule has 0 bridgehead atoms. The molecule has 0 spiro atoms. The minimum atomic E-state index is -0.164. The number of amides is 1. The Morgan fingerprint density at radius 2 is 1.91 bits per heavy atom. The number of methoxy groups -OCH3 is 1. The number of hydrogen-bond acceptors (Lipinski definition) is 8. The van der Waals surface area contributed by atoms with E-state index in [2.05, 4.69) is 27.1 Å². The van der Waals surface area contributed by atoms with Gasteiger partial charge in [0.25, 0.3) is 0 Å². The average molecular weight is 494 g/mol. The van der Waals surface area contributed by atoms with Gasteiger partial charge in [-0.15, -0.1) is 28.1 Å². The first-order chi connectivity index (χ1) is 16.7. The van der Waals surface area contributed by atoms with Crippen LogP contribution in [-0.2, 0) is 17.9 Å². The van der Waals surface area contributed by atoms with Crippen molar-refractivity contribution in [1.82, 2.24) is 19.7 Å². The van der Waals surface area contributed by atoms with Gasteiger partial charge in [-0.2, -0.15) is 0 Å². The summed E-state index contributed by atoms with van der Waals surface area (Å²) >= 11 is 2.69. The second kappa shape index (κ2) is 11.5. The van der Waals surface area contributed by atoms with Gasteiger partial charge in [0.05, 0.1) is 18.6 Å². The van der Waals surface area contributed by atoms with Crippen molar-refractivity contribution in [3.8, 4) is 22.8 Å². The maximum Gasteiger partial charge on any atom is 0.236 e. The molecule has 4 rings (SSSR count). The van der Waals surface area contributed by atoms with Gasteiger partial charge in [0.1, 0.15) is 18.1 Å². The number of ether oxygens (including phenoxy) is 2. The van der Waals surface area contributed by atoms with Gasteiger partial charge >= 0.3 is 0 Å². The van der Waals surface area contributed by atoms with Crippen LogP contribution < -0.4 is 14.8 Å². The molecule has 10 heteroatoms. The summed E-state index contributed by atoms with van der Waals surface area (Å²) in [6, 6.07) is 17.2. The van der Waals surface area contributed by atoms with Crippen LogP contribution in [0.15, 0.2) is 77.8 Å². The molecule has 0 radical (unpaired) electrons.